The first-order valence-corrected chi connectivity index (χ1v) is 9.88. The maximum absolute atomic E-state index is 13.2. The summed E-state index contributed by atoms with van der Waals surface area (Å²) in [5.41, 5.74) is 2.91. The number of carbonyl (C=O) groups is 2. The number of aromatic nitrogens is 2. The summed E-state index contributed by atoms with van der Waals surface area (Å²) in [5.74, 6) is -5.38. The molecule has 2 atom stereocenters. The first-order valence-electron chi connectivity index (χ1n) is 9.88. The van der Waals surface area contributed by atoms with E-state index in [9.17, 15) is 49.1 Å². The minimum Gasteiger partial charge on any atom is -0.340 e. The fraction of sp³-hybridized carbons (Fsp3) is 0.667. The third-order valence-corrected chi connectivity index (χ3v) is 5.51. The third-order valence-electron chi connectivity index (χ3n) is 5.51. The lowest BCUT2D eigenvalue weighted by atomic mass is 10.0. The zero-order chi connectivity index (χ0) is 25.6. The smallest absolute Gasteiger partial charge is 0.340 e. The maximum atomic E-state index is 13.2. The lowest BCUT2D eigenvalue weighted by molar-refractivity contribution is -0.171. The molecule has 0 aliphatic carbocycles. The van der Waals surface area contributed by atoms with Crippen molar-refractivity contribution < 1.29 is 49.1 Å². The quantitative estimate of drug-likeness (QED) is 0.633. The Morgan fingerprint density at radius 3 is 2.24 bits per heavy atom. The largest absolute Gasteiger partial charge is 0.451 e. The van der Waals surface area contributed by atoms with Crippen molar-refractivity contribution in [3.05, 3.63) is 22.8 Å². The second-order valence-electron chi connectivity index (χ2n) is 8.09. The predicted octanol–water partition coefficient (Wildman–Crippen LogP) is 2.53. The molecule has 1 unspecified atom stereocenters. The lowest BCUT2D eigenvalue weighted by Crippen LogP contribution is -2.44. The van der Waals surface area contributed by atoms with Crippen LogP contribution in [0, 0.1) is 5.92 Å². The normalized spacial score (nSPS) is 20.5. The molecule has 1 saturated heterocycles. The third kappa shape index (κ3) is 5.70. The average Bonchev–Trinajstić information content (AvgIpc) is 3.05. The molecule has 0 aromatic carbocycles. The molecular formula is C18H18F9N5O2. The number of carbonyl (C=O) groups excluding carboxylic acids is 2. The number of alkyl halides is 9. The molecule has 1 fully saturated rings. The van der Waals surface area contributed by atoms with Crippen LogP contribution in [0.3, 0.4) is 0 Å². The van der Waals surface area contributed by atoms with Crippen molar-refractivity contribution in [3.8, 4) is 0 Å². The summed E-state index contributed by atoms with van der Waals surface area (Å²) in [6.45, 7) is -1.91. The van der Waals surface area contributed by atoms with Crippen LogP contribution in [0.4, 0.5) is 39.5 Å². The second-order valence-corrected chi connectivity index (χ2v) is 8.09. The van der Waals surface area contributed by atoms with Crippen LogP contribution in [0.1, 0.15) is 35.6 Å². The summed E-state index contributed by atoms with van der Waals surface area (Å²) < 4.78 is 117. The molecule has 3 rings (SSSR count). The van der Waals surface area contributed by atoms with Crippen molar-refractivity contribution in [2.75, 3.05) is 19.6 Å². The molecule has 0 saturated carbocycles. The van der Waals surface area contributed by atoms with Crippen molar-refractivity contribution in [2.45, 2.75) is 50.4 Å². The van der Waals surface area contributed by atoms with Crippen molar-refractivity contribution in [1.29, 1.82) is 0 Å². The van der Waals surface area contributed by atoms with Crippen molar-refractivity contribution in [3.63, 3.8) is 0 Å². The van der Waals surface area contributed by atoms with Gasteiger partial charge < -0.3 is 15.5 Å². The summed E-state index contributed by atoms with van der Waals surface area (Å²) in [7, 11) is 0. The highest BCUT2D eigenvalue weighted by Gasteiger charge is 2.47. The topological polar surface area (TPSA) is 92.4 Å². The Labute approximate surface area is 186 Å². The van der Waals surface area contributed by atoms with E-state index >= 15 is 0 Å². The molecule has 7 nitrogen and oxygen atoms in total. The van der Waals surface area contributed by atoms with Gasteiger partial charge in [0.2, 0.25) is 17.6 Å². The SMILES string of the molecule is N[C@@H](CC(=O)N1CCc2c(nc(C(F)(F)F)nc2C(F)(F)F)C1)CN1CC(C(F)(F)F)CC1=O. The van der Waals surface area contributed by atoms with Gasteiger partial charge in [0.05, 0.1) is 18.2 Å². The molecule has 0 radical (unpaired) electrons. The predicted molar refractivity (Wildman–Crippen MR) is 94.5 cm³/mol. The van der Waals surface area contributed by atoms with Gasteiger partial charge in [-0.1, -0.05) is 0 Å². The van der Waals surface area contributed by atoms with Crippen LogP contribution >= 0.6 is 0 Å². The van der Waals surface area contributed by atoms with E-state index < -0.39 is 97.4 Å². The fourth-order valence-corrected chi connectivity index (χ4v) is 3.87. The number of hydrogen-bond acceptors (Lipinski definition) is 5. The van der Waals surface area contributed by atoms with Gasteiger partial charge in [0.15, 0.2) is 5.69 Å². The number of hydrogen-bond donors (Lipinski definition) is 1. The van der Waals surface area contributed by atoms with Crippen LogP contribution in [0.25, 0.3) is 0 Å². The number of halogens is 9. The molecule has 0 spiro atoms. The van der Waals surface area contributed by atoms with Gasteiger partial charge in [-0.25, -0.2) is 9.97 Å². The number of likely N-dealkylation sites (tertiary alicyclic amines) is 1. The molecule has 34 heavy (non-hydrogen) atoms. The highest BCUT2D eigenvalue weighted by Crippen LogP contribution is 2.37. The number of nitrogens with zero attached hydrogens (tertiary/aromatic N) is 4. The van der Waals surface area contributed by atoms with E-state index in [1.165, 1.54) is 0 Å². The van der Waals surface area contributed by atoms with Crippen molar-refractivity contribution in [2.24, 2.45) is 11.7 Å². The summed E-state index contributed by atoms with van der Waals surface area (Å²) >= 11 is 0. The Kier molecular flexibility index (Phi) is 6.76. The van der Waals surface area contributed by atoms with E-state index in [-0.39, 0.29) is 13.1 Å². The van der Waals surface area contributed by atoms with Crippen molar-refractivity contribution in [1.82, 2.24) is 19.8 Å². The lowest BCUT2D eigenvalue weighted by Gasteiger charge is -2.31. The number of rotatable bonds is 4. The molecule has 2 aliphatic rings. The van der Waals surface area contributed by atoms with E-state index in [4.69, 9.17) is 5.73 Å². The molecule has 1 aromatic heterocycles. The van der Waals surface area contributed by atoms with Gasteiger partial charge in [-0.3, -0.25) is 9.59 Å². The van der Waals surface area contributed by atoms with Crippen LogP contribution in [0.15, 0.2) is 0 Å². The molecule has 16 heteroatoms. The van der Waals surface area contributed by atoms with E-state index in [1.807, 2.05) is 0 Å². The summed E-state index contributed by atoms with van der Waals surface area (Å²) in [6, 6.07) is -1.09. The minimum atomic E-state index is -5.25. The first-order chi connectivity index (χ1) is 15.5. The highest BCUT2D eigenvalue weighted by molar-refractivity contribution is 5.79. The van der Waals surface area contributed by atoms with Gasteiger partial charge >= 0.3 is 18.5 Å². The molecule has 190 valence electrons. The number of amides is 2. The van der Waals surface area contributed by atoms with Gasteiger partial charge in [-0.2, -0.15) is 39.5 Å². The molecule has 1 aromatic rings. The summed E-state index contributed by atoms with van der Waals surface area (Å²) in [6.07, 6.45) is -16.7. The van der Waals surface area contributed by atoms with Crippen LogP contribution in [-0.4, -0.2) is 63.4 Å². The Morgan fingerprint density at radius 1 is 1.06 bits per heavy atom. The maximum Gasteiger partial charge on any atom is 0.451 e. The molecular weight excluding hydrogens is 489 g/mol. The number of nitrogens with two attached hydrogens (primary N) is 1. The number of fused-ring (bicyclic) bond motifs is 1. The van der Waals surface area contributed by atoms with Crippen LogP contribution in [-0.2, 0) is 34.9 Å². The molecule has 3 heterocycles. The Morgan fingerprint density at radius 2 is 1.71 bits per heavy atom. The van der Waals surface area contributed by atoms with Crippen LogP contribution in [0.5, 0.6) is 0 Å². The Balaban J connectivity index is 1.69. The summed E-state index contributed by atoms with van der Waals surface area (Å²) in [5, 5.41) is 0. The highest BCUT2D eigenvalue weighted by atomic mass is 19.4. The van der Waals surface area contributed by atoms with Gasteiger partial charge in [0, 0.05) is 44.1 Å². The van der Waals surface area contributed by atoms with E-state index in [0.29, 0.717) is 0 Å². The van der Waals surface area contributed by atoms with Gasteiger partial charge in [0.1, 0.15) is 0 Å². The minimum absolute atomic E-state index is 0.283. The van der Waals surface area contributed by atoms with Crippen LogP contribution in [0.2, 0.25) is 0 Å². The molecule has 2 N–H and O–H groups in total. The van der Waals surface area contributed by atoms with E-state index in [2.05, 4.69) is 9.97 Å². The van der Waals surface area contributed by atoms with Gasteiger partial charge in [-0.15, -0.1) is 0 Å². The molecule has 2 aliphatic heterocycles. The van der Waals surface area contributed by atoms with E-state index in [0.717, 1.165) is 9.80 Å². The zero-order valence-electron chi connectivity index (χ0n) is 17.2. The Hall–Kier alpha value is -2.65. The van der Waals surface area contributed by atoms with E-state index in [1.54, 1.807) is 0 Å². The first kappa shape index (κ1) is 26.0. The standard InChI is InChI=1S/C18H18F9N5O2/c19-16(20,21)8-3-12(33)32(5-8)6-9(28)4-13(34)31-2-1-10-11(7-31)29-15(18(25,26)27)30-14(10)17(22,23)24/h8-9H,1-7,28H2/t8?,9-/m0/s1. The second kappa shape index (κ2) is 8.85. The van der Waals surface area contributed by atoms with Crippen LogP contribution < -0.4 is 5.73 Å². The fourth-order valence-electron chi connectivity index (χ4n) is 3.87. The zero-order valence-corrected chi connectivity index (χ0v) is 17.2. The average molecular weight is 507 g/mol. The summed E-state index contributed by atoms with van der Waals surface area (Å²) in [4.78, 5) is 32.0. The molecule has 2 amide bonds. The van der Waals surface area contributed by atoms with Crippen molar-refractivity contribution >= 4 is 11.8 Å². The Bertz CT molecular complexity index is 961. The van der Waals surface area contributed by atoms with Gasteiger partial charge in [0.25, 0.3) is 0 Å². The molecule has 0 bridgehead atoms. The monoisotopic (exact) mass is 507 g/mol. The van der Waals surface area contributed by atoms with Gasteiger partial charge in [-0.05, 0) is 6.42 Å².